The van der Waals surface area contributed by atoms with Crippen molar-refractivity contribution < 1.29 is 14.2 Å². The van der Waals surface area contributed by atoms with E-state index in [1.807, 2.05) is 0 Å². The van der Waals surface area contributed by atoms with Crippen molar-refractivity contribution in [1.29, 1.82) is 0 Å². The van der Waals surface area contributed by atoms with Gasteiger partial charge in [-0.15, -0.1) is 0 Å². The summed E-state index contributed by atoms with van der Waals surface area (Å²) in [6.07, 6.45) is 1.56. The van der Waals surface area contributed by atoms with E-state index in [2.05, 4.69) is 12.2 Å². The number of hydrogen-bond donors (Lipinski definition) is 1. The molecule has 0 aromatic carbocycles. The van der Waals surface area contributed by atoms with Crippen molar-refractivity contribution in [3.05, 3.63) is 0 Å². The van der Waals surface area contributed by atoms with Crippen LogP contribution < -0.4 is 5.32 Å². The molecule has 1 saturated heterocycles. The van der Waals surface area contributed by atoms with Gasteiger partial charge in [-0.05, 0) is 18.9 Å². The van der Waals surface area contributed by atoms with Crippen LogP contribution in [-0.4, -0.2) is 52.7 Å². The van der Waals surface area contributed by atoms with E-state index in [1.54, 1.807) is 7.11 Å². The molecule has 1 fully saturated rings. The van der Waals surface area contributed by atoms with Gasteiger partial charge < -0.3 is 19.5 Å². The van der Waals surface area contributed by atoms with Crippen LogP contribution in [0.15, 0.2) is 0 Å². The van der Waals surface area contributed by atoms with Gasteiger partial charge in [0.05, 0.1) is 32.5 Å². The van der Waals surface area contributed by atoms with Crippen LogP contribution >= 0.6 is 0 Å². The van der Waals surface area contributed by atoms with E-state index in [9.17, 15) is 0 Å². The van der Waals surface area contributed by atoms with Crippen molar-refractivity contribution in [1.82, 2.24) is 5.32 Å². The first-order valence-electron chi connectivity index (χ1n) is 5.73. The summed E-state index contributed by atoms with van der Waals surface area (Å²) in [5, 5.41) is 3.34. The second-order valence-electron chi connectivity index (χ2n) is 3.98. The van der Waals surface area contributed by atoms with Gasteiger partial charge in [0.1, 0.15) is 0 Å². The maximum absolute atomic E-state index is 5.75. The summed E-state index contributed by atoms with van der Waals surface area (Å²) in [7, 11) is 1.68. The van der Waals surface area contributed by atoms with Crippen LogP contribution in [0.2, 0.25) is 0 Å². The summed E-state index contributed by atoms with van der Waals surface area (Å²) in [4.78, 5) is 0. The second kappa shape index (κ2) is 8.05. The van der Waals surface area contributed by atoms with E-state index in [-0.39, 0.29) is 0 Å². The zero-order chi connectivity index (χ0) is 10.9. The number of methoxy groups -OCH3 is 1. The largest absolute Gasteiger partial charge is 0.382 e. The molecule has 4 heteroatoms. The molecule has 0 radical (unpaired) electrons. The molecule has 90 valence electrons. The minimum Gasteiger partial charge on any atom is -0.382 e. The Morgan fingerprint density at radius 3 is 2.73 bits per heavy atom. The SMILES string of the molecule is COCCOCCOC1CNCCC1C. The zero-order valence-electron chi connectivity index (χ0n) is 9.83. The fourth-order valence-electron chi connectivity index (χ4n) is 1.69. The van der Waals surface area contributed by atoms with Crippen molar-refractivity contribution in [2.75, 3.05) is 46.6 Å². The number of ether oxygens (including phenoxy) is 3. The fraction of sp³-hybridized carbons (Fsp3) is 1.00. The monoisotopic (exact) mass is 217 g/mol. The highest BCUT2D eigenvalue weighted by Crippen LogP contribution is 2.14. The number of rotatable bonds is 7. The Balaban J connectivity index is 1.94. The number of hydrogen-bond acceptors (Lipinski definition) is 4. The first-order chi connectivity index (χ1) is 7.34. The number of piperidine rings is 1. The summed E-state index contributed by atoms with van der Waals surface area (Å²) < 4.78 is 16.0. The van der Waals surface area contributed by atoms with Gasteiger partial charge in [-0.2, -0.15) is 0 Å². The highest BCUT2D eigenvalue weighted by atomic mass is 16.5. The van der Waals surface area contributed by atoms with Crippen molar-refractivity contribution in [3.8, 4) is 0 Å². The van der Waals surface area contributed by atoms with Crippen LogP contribution in [0.5, 0.6) is 0 Å². The van der Waals surface area contributed by atoms with Gasteiger partial charge in [0.2, 0.25) is 0 Å². The minimum atomic E-state index is 0.352. The van der Waals surface area contributed by atoms with Crippen molar-refractivity contribution in [3.63, 3.8) is 0 Å². The van der Waals surface area contributed by atoms with Gasteiger partial charge in [0.15, 0.2) is 0 Å². The third-order valence-electron chi connectivity index (χ3n) is 2.75. The van der Waals surface area contributed by atoms with Gasteiger partial charge >= 0.3 is 0 Å². The van der Waals surface area contributed by atoms with E-state index in [4.69, 9.17) is 14.2 Å². The quantitative estimate of drug-likeness (QED) is 0.636. The smallest absolute Gasteiger partial charge is 0.0726 e. The molecule has 0 aromatic heterocycles. The van der Waals surface area contributed by atoms with E-state index in [0.29, 0.717) is 38.4 Å². The maximum atomic E-state index is 5.75. The Bertz CT molecular complexity index is 155. The predicted octanol–water partition coefficient (Wildman–Crippen LogP) is 0.664. The third-order valence-corrected chi connectivity index (χ3v) is 2.75. The topological polar surface area (TPSA) is 39.7 Å². The summed E-state index contributed by atoms with van der Waals surface area (Å²) in [6, 6.07) is 0. The molecule has 0 amide bonds. The van der Waals surface area contributed by atoms with Crippen molar-refractivity contribution >= 4 is 0 Å². The van der Waals surface area contributed by atoms with Crippen molar-refractivity contribution in [2.24, 2.45) is 5.92 Å². The molecule has 2 atom stereocenters. The Morgan fingerprint density at radius 1 is 1.20 bits per heavy atom. The average molecular weight is 217 g/mol. The van der Waals surface area contributed by atoms with Crippen LogP contribution in [0.1, 0.15) is 13.3 Å². The molecule has 1 aliphatic rings. The molecule has 0 aliphatic carbocycles. The van der Waals surface area contributed by atoms with Gasteiger partial charge in [0.25, 0.3) is 0 Å². The lowest BCUT2D eigenvalue weighted by atomic mass is 9.97. The fourth-order valence-corrected chi connectivity index (χ4v) is 1.69. The molecule has 0 aromatic rings. The van der Waals surface area contributed by atoms with Gasteiger partial charge in [0, 0.05) is 13.7 Å². The lowest BCUT2D eigenvalue weighted by Crippen LogP contribution is -2.41. The molecular weight excluding hydrogens is 194 g/mol. The van der Waals surface area contributed by atoms with Crippen LogP contribution in [0, 0.1) is 5.92 Å². The van der Waals surface area contributed by atoms with E-state index < -0.39 is 0 Å². The van der Waals surface area contributed by atoms with E-state index in [0.717, 1.165) is 13.1 Å². The van der Waals surface area contributed by atoms with Crippen LogP contribution in [-0.2, 0) is 14.2 Å². The molecule has 0 spiro atoms. The van der Waals surface area contributed by atoms with Crippen LogP contribution in [0.4, 0.5) is 0 Å². The zero-order valence-corrected chi connectivity index (χ0v) is 9.83. The molecular formula is C11H23NO3. The van der Waals surface area contributed by atoms with Crippen LogP contribution in [0.25, 0.3) is 0 Å². The van der Waals surface area contributed by atoms with E-state index in [1.165, 1.54) is 6.42 Å². The highest BCUT2D eigenvalue weighted by molar-refractivity contribution is 4.75. The molecule has 1 aliphatic heterocycles. The Kier molecular flexibility index (Phi) is 6.92. The van der Waals surface area contributed by atoms with E-state index >= 15 is 0 Å². The maximum Gasteiger partial charge on any atom is 0.0726 e. The molecule has 0 saturated carbocycles. The lowest BCUT2D eigenvalue weighted by Gasteiger charge is -2.29. The molecule has 2 unspecified atom stereocenters. The summed E-state index contributed by atoms with van der Waals surface area (Å²) in [5.41, 5.74) is 0. The molecule has 0 bridgehead atoms. The summed E-state index contributed by atoms with van der Waals surface area (Å²) >= 11 is 0. The Labute approximate surface area is 92.3 Å². The first-order valence-corrected chi connectivity index (χ1v) is 5.73. The lowest BCUT2D eigenvalue weighted by molar-refractivity contribution is -0.0323. The standard InChI is InChI=1S/C11H23NO3/c1-10-3-4-12-9-11(10)15-8-7-14-6-5-13-2/h10-12H,3-9H2,1-2H3. The summed E-state index contributed by atoms with van der Waals surface area (Å²) in [6.45, 7) is 6.98. The van der Waals surface area contributed by atoms with Gasteiger partial charge in [-0.1, -0.05) is 6.92 Å². The molecule has 4 nitrogen and oxygen atoms in total. The van der Waals surface area contributed by atoms with Crippen LogP contribution in [0.3, 0.4) is 0 Å². The third kappa shape index (κ3) is 5.47. The number of nitrogens with one attached hydrogen (secondary N) is 1. The highest BCUT2D eigenvalue weighted by Gasteiger charge is 2.20. The summed E-state index contributed by atoms with van der Waals surface area (Å²) in [5.74, 6) is 0.658. The predicted molar refractivity (Wildman–Crippen MR) is 59.1 cm³/mol. The minimum absolute atomic E-state index is 0.352. The first kappa shape index (κ1) is 12.9. The molecule has 1 rings (SSSR count). The molecule has 15 heavy (non-hydrogen) atoms. The Morgan fingerprint density at radius 2 is 2.00 bits per heavy atom. The Hall–Kier alpha value is -0.160. The van der Waals surface area contributed by atoms with Gasteiger partial charge in [-0.25, -0.2) is 0 Å². The second-order valence-corrected chi connectivity index (χ2v) is 3.98. The van der Waals surface area contributed by atoms with Gasteiger partial charge in [-0.3, -0.25) is 0 Å². The molecule has 1 N–H and O–H groups in total. The van der Waals surface area contributed by atoms with Crippen molar-refractivity contribution in [2.45, 2.75) is 19.4 Å². The molecule has 1 heterocycles. The average Bonchev–Trinajstić information content (AvgIpc) is 2.25. The normalized spacial score (nSPS) is 26.8.